The maximum atomic E-state index is 13.4. The number of carbonyl (C=O) groups excluding carboxylic acids is 1. The van der Waals surface area contributed by atoms with Crippen LogP contribution in [-0.4, -0.2) is 53.7 Å². The number of hydrogen-bond acceptors (Lipinski definition) is 6. The Morgan fingerprint density at radius 3 is 2.68 bits per heavy atom. The van der Waals surface area contributed by atoms with E-state index in [9.17, 15) is 4.79 Å². The highest BCUT2D eigenvalue weighted by Crippen LogP contribution is 2.40. The zero-order valence-electron chi connectivity index (χ0n) is 20.8. The number of H-pyrrole nitrogens is 1. The van der Waals surface area contributed by atoms with Crippen LogP contribution in [0.15, 0.2) is 77.8 Å². The van der Waals surface area contributed by atoms with Crippen LogP contribution in [0, 0.1) is 0 Å². The fourth-order valence-corrected chi connectivity index (χ4v) is 5.24. The molecule has 0 fully saturated rings. The molecule has 9 heteroatoms. The van der Waals surface area contributed by atoms with Gasteiger partial charge in [-0.1, -0.05) is 41.9 Å². The third-order valence-corrected chi connectivity index (χ3v) is 7.10. The molecule has 3 aromatic carbocycles. The summed E-state index contributed by atoms with van der Waals surface area (Å²) in [7, 11) is 0. The monoisotopic (exact) mass is 529 g/mol. The van der Waals surface area contributed by atoms with Gasteiger partial charge in [0.15, 0.2) is 0 Å². The SMILES string of the molecule is O=C(Oc1ccccc1)N1CCc2c([nH]c3ccc(Cl)cc23)C1c1ccc(OCCCN2C=NCN2)cc1. The standard InChI is InChI=1S/C29H28ClN5O3/c30-21-9-12-26-25(17-21)24-13-15-35(29(36)38-23-5-2-1-3-6-23)28(27(24)33-26)20-7-10-22(11-8-20)37-16-4-14-34-19-31-18-32-34/h1-3,5-12,17,19,28,32-33H,4,13-16,18H2. The molecule has 2 N–H and O–H groups in total. The number of fused-ring (bicyclic) bond motifs is 3. The average Bonchev–Trinajstić information content (AvgIpc) is 3.59. The van der Waals surface area contributed by atoms with Crippen LogP contribution in [0.1, 0.15) is 29.3 Å². The first-order chi connectivity index (χ1) is 18.7. The average molecular weight is 530 g/mol. The Morgan fingerprint density at radius 2 is 1.89 bits per heavy atom. The van der Waals surface area contributed by atoms with Gasteiger partial charge in [0.25, 0.3) is 0 Å². The molecular weight excluding hydrogens is 502 g/mol. The van der Waals surface area contributed by atoms with Gasteiger partial charge < -0.3 is 14.5 Å². The second kappa shape index (κ2) is 10.8. The number of benzene rings is 3. The lowest BCUT2D eigenvalue weighted by Crippen LogP contribution is -2.42. The molecule has 6 rings (SSSR count). The molecular formula is C29H28ClN5O3. The van der Waals surface area contributed by atoms with Gasteiger partial charge in [0.2, 0.25) is 0 Å². The van der Waals surface area contributed by atoms with Crippen molar-refractivity contribution in [3.63, 3.8) is 0 Å². The van der Waals surface area contributed by atoms with Gasteiger partial charge in [-0.15, -0.1) is 0 Å². The molecule has 0 aliphatic carbocycles. The maximum Gasteiger partial charge on any atom is 0.416 e. The second-order valence-electron chi connectivity index (χ2n) is 9.31. The Bertz CT molecular complexity index is 1450. The summed E-state index contributed by atoms with van der Waals surface area (Å²) in [5, 5.41) is 3.74. The Labute approximate surface area is 225 Å². The van der Waals surface area contributed by atoms with Gasteiger partial charge in [0, 0.05) is 41.1 Å². The van der Waals surface area contributed by atoms with E-state index >= 15 is 0 Å². The van der Waals surface area contributed by atoms with E-state index in [0.29, 0.717) is 37.0 Å². The maximum absolute atomic E-state index is 13.4. The molecule has 1 unspecified atom stereocenters. The van der Waals surface area contributed by atoms with E-state index in [-0.39, 0.29) is 12.1 Å². The lowest BCUT2D eigenvalue weighted by Gasteiger charge is -2.35. The number of aliphatic imine (C=N–C) groups is 1. The van der Waals surface area contributed by atoms with Gasteiger partial charge in [0.05, 0.1) is 6.61 Å². The Hall–Kier alpha value is -4.01. The summed E-state index contributed by atoms with van der Waals surface area (Å²) in [6, 6.07) is 22.6. The third-order valence-electron chi connectivity index (χ3n) is 6.87. The topological polar surface area (TPSA) is 82.2 Å². The van der Waals surface area contributed by atoms with Crippen molar-refractivity contribution >= 4 is 34.9 Å². The number of para-hydroxylation sites is 1. The summed E-state index contributed by atoms with van der Waals surface area (Å²) in [6.07, 6.45) is 2.99. The number of carbonyl (C=O) groups is 1. The lowest BCUT2D eigenvalue weighted by atomic mass is 9.92. The molecule has 3 heterocycles. The van der Waals surface area contributed by atoms with E-state index in [1.165, 1.54) is 5.56 Å². The van der Waals surface area contributed by atoms with Crippen LogP contribution in [0.3, 0.4) is 0 Å². The van der Waals surface area contributed by atoms with Crippen molar-refractivity contribution in [3.05, 3.63) is 94.6 Å². The minimum atomic E-state index is -0.386. The van der Waals surface area contributed by atoms with Gasteiger partial charge in [-0.25, -0.2) is 10.2 Å². The van der Waals surface area contributed by atoms with E-state index in [2.05, 4.69) is 15.4 Å². The summed E-state index contributed by atoms with van der Waals surface area (Å²) >= 11 is 6.32. The molecule has 1 atom stereocenters. The van der Waals surface area contributed by atoms with Crippen molar-refractivity contribution < 1.29 is 14.3 Å². The van der Waals surface area contributed by atoms with Crippen LogP contribution in [0.4, 0.5) is 4.79 Å². The van der Waals surface area contributed by atoms with Crippen LogP contribution < -0.4 is 14.9 Å². The molecule has 2 aliphatic heterocycles. The van der Waals surface area contributed by atoms with E-state index in [1.54, 1.807) is 23.4 Å². The Balaban J connectivity index is 1.25. The smallest absolute Gasteiger partial charge is 0.416 e. The molecule has 2 aliphatic rings. The molecule has 1 aromatic heterocycles. The highest BCUT2D eigenvalue weighted by atomic mass is 35.5. The molecule has 194 valence electrons. The summed E-state index contributed by atoms with van der Waals surface area (Å²) < 4.78 is 11.7. The summed E-state index contributed by atoms with van der Waals surface area (Å²) in [4.78, 5) is 22.9. The number of nitrogens with one attached hydrogen (secondary N) is 2. The third kappa shape index (κ3) is 5.05. The molecule has 0 bridgehead atoms. The number of nitrogens with zero attached hydrogens (tertiary/aromatic N) is 3. The van der Waals surface area contributed by atoms with Crippen molar-refractivity contribution in [3.8, 4) is 11.5 Å². The van der Waals surface area contributed by atoms with Crippen molar-refractivity contribution in [2.75, 3.05) is 26.4 Å². The van der Waals surface area contributed by atoms with Gasteiger partial charge in [0.1, 0.15) is 30.5 Å². The van der Waals surface area contributed by atoms with Crippen LogP contribution in [0.5, 0.6) is 11.5 Å². The number of aromatic nitrogens is 1. The van der Waals surface area contributed by atoms with Crippen molar-refractivity contribution in [1.29, 1.82) is 0 Å². The Morgan fingerprint density at radius 1 is 1.05 bits per heavy atom. The van der Waals surface area contributed by atoms with Gasteiger partial charge in [-0.05, 0) is 60.0 Å². The summed E-state index contributed by atoms with van der Waals surface area (Å²) in [5.74, 6) is 1.30. The first-order valence-electron chi connectivity index (χ1n) is 12.7. The van der Waals surface area contributed by atoms with Crippen molar-refractivity contribution in [1.82, 2.24) is 20.3 Å². The number of hydrazine groups is 1. The minimum absolute atomic E-state index is 0.337. The largest absolute Gasteiger partial charge is 0.494 e. The quantitative estimate of drug-likeness (QED) is 0.307. The van der Waals surface area contributed by atoms with Crippen LogP contribution in [0.2, 0.25) is 5.02 Å². The molecule has 0 saturated carbocycles. The number of aromatic amines is 1. The highest BCUT2D eigenvalue weighted by molar-refractivity contribution is 6.31. The summed E-state index contributed by atoms with van der Waals surface area (Å²) in [5.41, 5.74) is 7.28. The zero-order chi connectivity index (χ0) is 25.9. The highest BCUT2D eigenvalue weighted by Gasteiger charge is 2.35. The normalized spacial score (nSPS) is 16.6. The minimum Gasteiger partial charge on any atom is -0.494 e. The molecule has 0 saturated heterocycles. The first-order valence-corrected chi connectivity index (χ1v) is 13.1. The number of halogens is 1. The first kappa shape index (κ1) is 24.3. The van der Waals surface area contributed by atoms with Gasteiger partial charge >= 0.3 is 6.09 Å². The molecule has 38 heavy (non-hydrogen) atoms. The van der Waals surface area contributed by atoms with Gasteiger partial charge in [-0.3, -0.25) is 14.9 Å². The number of ether oxygens (including phenoxy) is 2. The molecule has 4 aromatic rings. The molecule has 1 amide bonds. The number of amides is 1. The van der Waals surface area contributed by atoms with Crippen LogP contribution in [0.25, 0.3) is 10.9 Å². The van der Waals surface area contributed by atoms with E-state index in [0.717, 1.165) is 40.9 Å². The Kier molecular flexibility index (Phi) is 6.90. The fourth-order valence-electron chi connectivity index (χ4n) is 5.07. The molecule has 0 spiro atoms. The lowest BCUT2D eigenvalue weighted by molar-refractivity contribution is 0.135. The van der Waals surface area contributed by atoms with Crippen LogP contribution in [-0.2, 0) is 6.42 Å². The predicted octanol–water partition coefficient (Wildman–Crippen LogP) is 5.54. The molecule has 8 nitrogen and oxygen atoms in total. The molecule has 0 radical (unpaired) electrons. The van der Waals surface area contributed by atoms with Crippen molar-refractivity contribution in [2.24, 2.45) is 4.99 Å². The fraction of sp³-hybridized carbons (Fsp3) is 0.241. The number of rotatable bonds is 7. The number of hydrogen-bond donors (Lipinski definition) is 2. The zero-order valence-corrected chi connectivity index (χ0v) is 21.5. The van der Waals surface area contributed by atoms with Crippen molar-refractivity contribution in [2.45, 2.75) is 18.9 Å². The summed E-state index contributed by atoms with van der Waals surface area (Å²) in [6.45, 7) is 2.58. The second-order valence-corrected chi connectivity index (χ2v) is 9.75. The van der Waals surface area contributed by atoms with E-state index < -0.39 is 0 Å². The predicted molar refractivity (Wildman–Crippen MR) is 148 cm³/mol. The van der Waals surface area contributed by atoms with E-state index in [4.69, 9.17) is 21.1 Å². The van der Waals surface area contributed by atoms with Gasteiger partial charge in [-0.2, -0.15) is 0 Å². The van der Waals surface area contributed by atoms with Crippen LogP contribution >= 0.6 is 11.6 Å². The van der Waals surface area contributed by atoms with E-state index in [1.807, 2.05) is 65.7 Å².